The van der Waals surface area contributed by atoms with E-state index in [0.717, 1.165) is 31.3 Å². The van der Waals surface area contributed by atoms with E-state index < -0.39 is 93.7 Å². The van der Waals surface area contributed by atoms with Crippen molar-refractivity contribution in [1.82, 2.24) is 35.3 Å². The van der Waals surface area contributed by atoms with Gasteiger partial charge in [0.2, 0.25) is 16.9 Å². The fourth-order valence-corrected chi connectivity index (χ4v) is 5.13. The number of thiazole rings is 1. The molecule has 1 saturated heterocycles. The zero-order chi connectivity index (χ0) is 35.4. The normalized spacial score (nSPS) is 17.2. The van der Waals surface area contributed by atoms with E-state index in [2.05, 4.69) is 31.4 Å². The first-order valence-electron chi connectivity index (χ1n) is 13.0. The Morgan fingerprint density at radius 3 is 2.47 bits per heavy atom. The van der Waals surface area contributed by atoms with Crippen LogP contribution in [0.2, 0.25) is 0 Å². The van der Waals surface area contributed by atoms with Crippen molar-refractivity contribution in [3.63, 3.8) is 0 Å². The smallest absolute Gasteiger partial charge is 0.362 e. The number of carbonyl (C=O) groups is 5. The maximum absolute atomic E-state index is 13.2. The highest BCUT2D eigenvalue weighted by Crippen LogP contribution is 2.24. The number of rotatable bonds is 13. The number of aliphatic carboxylic acids is 1. The summed E-state index contributed by atoms with van der Waals surface area (Å²) < 4.78 is 33.7. The Hall–Kier alpha value is -5.49. The largest absolute Gasteiger partial charge is 0.503 e. The Bertz CT molecular complexity index is 1790. The van der Waals surface area contributed by atoms with Gasteiger partial charge < -0.3 is 47.3 Å². The number of pyridine rings is 1. The molecule has 0 aromatic carbocycles. The topological polar surface area (TPSA) is 334 Å². The van der Waals surface area contributed by atoms with E-state index >= 15 is 0 Å². The van der Waals surface area contributed by atoms with Crippen LogP contribution in [-0.4, -0.2) is 108 Å². The van der Waals surface area contributed by atoms with E-state index in [9.17, 15) is 57.2 Å². The fraction of sp³-hybridized carbons (Fsp3) is 0.391. The number of nitrogens with two attached hydrogens (primary N) is 1. The van der Waals surface area contributed by atoms with Gasteiger partial charge in [-0.25, -0.2) is 18.9 Å². The number of aromatic hydroxyl groups is 1. The minimum atomic E-state index is -5.18. The van der Waals surface area contributed by atoms with E-state index in [-0.39, 0.29) is 20.8 Å². The molecule has 3 rings (SSSR count). The van der Waals surface area contributed by atoms with Crippen LogP contribution in [0.1, 0.15) is 32.2 Å². The third-order valence-corrected chi connectivity index (χ3v) is 7.93. The maximum atomic E-state index is 13.2. The van der Waals surface area contributed by atoms with E-state index in [1.807, 2.05) is 0 Å². The number of anilines is 1. The zero-order valence-electron chi connectivity index (χ0n) is 24.5. The summed E-state index contributed by atoms with van der Waals surface area (Å²) in [5, 5.41) is 42.1. The highest BCUT2D eigenvalue weighted by Gasteiger charge is 2.54. The molecule has 10 N–H and O–H groups in total. The van der Waals surface area contributed by atoms with Crippen LogP contribution >= 0.6 is 11.3 Å². The number of hydrogen-bond donors (Lipinski definition) is 9. The van der Waals surface area contributed by atoms with Gasteiger partial charge in [-0.1, -0.05) is 5.16 Å². The molecule has 3 unspecified atom stereocenters. The van der Waals surface area contributed by atoms with Crippen LogP contribution in [0.3, 0.4) is 0 Å². The molecule has 1 aliphatic rings. The molecule has 256 valence electrons. The van der Waals surface area contributed by atoms with Gasteiger partial charge >= 0.3 is 22.3 Å². The van der Waals surface area contributed by atoms with Gasteiger partial charge in [0.05, 0.1) is 24.5 Å². The Kier molecular flexibility index (Phi) is 10.6. The van der Waals surface area contributed by atoms with Crippen molar-refractivity contribution in [2.45, 2.75) is 51.0 Å². The quantitative estimate of drug-likeness (QED) is 0.0328. The number of carboxylic acid groups (broad SMARTS) is 1. The minimum absolute atomic E-state index is 0.00319. The molecule has 3 atom stereocenters. The summed E-state index contributed by atoms with van der Waals surface area (Å²) in [6.07, 6.45) is 0.709. The van der Waals surface area contributed by atoms with Crippen LogP contribution in [0.4, 0.5) is 9.93 Å². The number of hydrogen-bond acceptors (Lipinski definition) is 15. The second-order valence-electron chi connectivity index (χ2n) is 10.2. The van der Waals surface area contributed by atoms with E-state index in [0.29, 0.717) is 10.9 Å². The maximum Gasteiger partial charge on any atom is 0.362 e. The van der Waals surface area contributed by atoms with E-state index in [4.69, 9.17) is 10.6 Å². The number of carboxylic acids is 1. The van der Waals surface area contributed by atoms with Gasteiger partial charge in [-0.15, -0.1) is 11.3 Å². The van der Waals surface area contributed by atoms with E-state index in [1.54, 1.807) is 0 Å². The van der Waals surface area contributed by atoms with Crippen molar-refractivity contribution in [3.8, 4) is 5.75 Å². The van der Waals surface area contributed by atoms with Gasteiger partial charge in [0.25, 0.3) is 11.8 Å². The number of nitrogens with one attached hydrogen (secondary N) is 4. The van der Waals surface area contributed by atoms with Gasteiger partial charge in [0, 0.05) is 18.0 Å². The van der Waals surface area contributed by atoms with Crippen molar-refractivity contribution >= 4 is 62.2 Å². The van der Waals surface area contributed by atoms with Gasteiger partial charge in [0.1, 0.15) is 17.8 Å². The Labute approximate surface area is 268 Å². The van der Waals surface area contributed by atoms with Crippen molar-refractivity contribution in [2.24, 2.45) is 5.16 Å². The second kappa shape index (κ2) is 13.9. The third kappa shape index (κ3) is 8.61. The Morgan fingerprint density at radius 1 is 1.23 bits per heavy atom. The van der Waals surface area contributed by atoms with E-state index in [1.165, 1.54) is 12.3 Å². The molecule has 5 amide bonds. The molecular weight excluding hydrogens is 674 g/mol. The van der Waals surface area contributed by atoms with Crippen LogP contribution in [0, 0.1) is 0 Å². The molecule has 2 aromatic heterocycles. The average Bonchev–Trinajstić information content (AvgIpc) is 3.39. The molecule has 2 aromatic rings. The van der Waals surface area contributed by atoms with Gasteiger partial charge in [-0.05, 0) is 20.8 Å². The summed E-state index contributed by atoms with van der Waals surface area (Å²) in [7, 11) is -5.18. The molecule has 0 aliphatic carbocycles. The molecular formula is C23H29N9O13S2. The van der Waals surface area contributed by atoms with Crippen LogP contribution in [0.5, 0.6) is 5.75 Å². The molecule has 0 bridgehead atoms. The lowest BCUT2D eigenvalue weighted by Crippen LogP contribution is -2.74. The molecule has 0 radical (unpaired) electrons. The van der Waals surface area contributed by atoms with Crippen LogP contribution in [0.25, 0.3) is 0 Å². The number of oxime groups is 1. The summed E-state index contributed by atoms with van der Waals surface area (Å²) in [6.45, 7) is 2.41. The number of nitrogens with zero attached hydrogens (tertiary/aromatic N) is 4. The molecule has 47 heavy (non-hydrogen) atoms. The number of amides is 5. The summed E-state index contributed by atoms with van der Waals surface area (Å²) in [5.41, 5.74) is 1.94. The number of carbonyl (C=O) groups excluding carboxylic acids is 4. The first-order chi connectivity index (χ1) is 21.7. The lowest BCUT2D eigenvalue weighted by molar-refractivity contribution is -0.161. The lowest BCUT2D eigenvalue weighted by Gasteiger charge is -2.44. The predicted molar refractivity (Wildman–Crippen MR) is 157 cm³/mol. The predicted octanol–water partition coefficient (Wildman–Crippen LogP) is -3.08. The third-order valence-electron chi connectivity index (χ3n) is 6.31. The van der Waals surface area contributed by atoms with Gasteiger partial charge in [-0.3, -0.25) is 23.7 Å². The van der Waals surface area contributed by atoms with Gasteiger partial charge in [0.15, 0.2) is 16.6 Å². The van der Waals surface area contributed by atoms with Crippen LogP contribution in [0.15, 0.2) is 27.6 Å². The minimum Gasteiger partial charge on any atom is -0.503 e. The Morgan fingerprint density at radius 2 is 1.89 bits per heavy atom. The van der Waals surface area contributed by atoms with Crippen molar-refractivity contribution < 1.29 is 57.2 Å². The molecule has 0 saturated carbocycles. The summed E-state index contributed by atoms with van der Waals surface area (Å²) in [4.78, 5) is 82.5. The standard InChI is InChI=1S/C23H29N9O13S2/c1-9(27-22(40)26-5-10-4-13(33)14(34)7-31(10)41)17(35)25-6-12-16(19(37)32(12)47(42,43)44)29-18(36)15(11-8-46-21(24)28-11)30-45-23(2,3)20(38)39/h4,7-9,12,16,34,41H,5-6H2,1-3H3,(H2,24,28)(H,25,35)(H,29,36)(H,38,39)(H2,26,27,40)(H,42,43,44). The first kappa shape index (κ1) is 36.0. The average molecular weight is 704 g/mol. The summed E-state index contributed by atoms with van der Waals surface area (Å²) in [5.74, 6) is -5.57. The second-order valence-corrected chi connectivity index (χ2v) is 12.4. The zero-order valence-corrected chi connectivity index (χ0v) is 26.2. The molecule has 0 spiro atoms. The number of urea groups is 1. The monoisotopic (exact) mass is 703 g/mol. The summed E-state index contributed by atoms with van der Waals surface area (Å²) in [6, 6.07) is -4.64. The van der Waals surface area contributed by atoms with Gasteiger partial charge in [-0.2, -0.15) is 13.1 Å². The Balaban J connectivity index is 1.69. The highest BCUT2D eigenvalue weighted by atomic mass is 32.2. The highest BCUT2D eigenvalue weighted by molar-refractivity contribution is 7.84. The molecule has 1 aliphatic heterocycles. The molecule has 22 nitrogen and oxygen atoms in total. The molecule has 1 fully saturated rings. The van der Waals surface area contributed by atoms with Crippen molar-refractivity contribution in [1.29, 1.82) is 0 Å². The number of nitrogen functional groups attached to an aromatic ring is 1. The fourth-order valence-electron chi connectivity index (χ4n) is 3.70. The van der Waals surface area contributed by atoms with Crippen molar-refractivity contribution in [3.05, 3.63) is 39.3 Å². The number of aromatic nitrogens is 2. The van der Waals surface area contributed by atoms with Crippen LogP contribution in [-0.2, 0) is 40.9 Å². The summed E-state index contributed by atoms with van der Waals surface area (Å²) >= 11 is 0.886. The van der Waals surface area contributed by atoms with Crippen molar-refractivity contribution in [2.75, 3.05) is 12.3 Å². The molecule has 3 heterocycles. The SMILES string of the molecule is CC(NC(=O)NCc1cc(=O)c(O)cn1O)C(=O)NCC1C(NC(=O)C(=NOC(C)(C)C(=O)O)c2csc(N)n2)C(=O)N1S(=O)(=O)O. The van der Waals surface area contributed by atoms with Crippen LogP contribution < -0.4 is 32.4 Å². The number of β-lactam (4-membered cyclic amide) rings is 1. The first-order valence-corrected chi connectivity index (χ1v) is 15.3. The lowest BCUT2D eigenvalue weighted by atomic mass is 9.98. The molecule has 24 heteroatoms.